The van der Waals surface area contributed by atoms with E-state index in [2.05, 4.69) is 20.0 Å². The van der Waals surface area contributed by atoms with Crippen LogP contribution in [0.5, 0.6) is 0 Å². The van der Waals surface area contributed by atoms with Gasteiger partial charge in [0.1, 0.15) is 0 Å². The molecule has 0 heterocycles. The third-order valence-electron chi connectivity index (χ3n) is 5.61. The fraction of sp³-hybridized carbons (Fsp3) is 1.00. The first-order chi connectivity index (χ1) is 6.75. The molecule has 0 saturated heterocycles. The number of halogens is 1. The van der Waals surface area contributed by atoms with Crippen LogP contribution in [-0.4, -0.2) is 25.2 Å². The van der Waals surface area contributed by atoms with E-state index < -0.39 is 5.96 Å². The summed E-state index contributed by atoms with van der Waals surface area (Å²) in [6, 6.07) is 0. The van der Waals surface area contributed by atoms with E-state index in [0.717, 1.165) is 17.8 Å². The van der Waals surface area contributed by atoms with Crippen LogP contribution in [0.25, 0.3) is 0 Å². The van der Waals surface area contributed by atoms with Crippen LogP contribution in [0.2, 0.25) is 0 Å². The van der Waals surface area contributed by atoms with E-state index in [9.17, 15) is 0 Å². The average molecular weight is 247 g/mol. The zero-order chi connectivity index (χ0) is 10.9. The van der Waals surface area contributed by atoms with E-state index in [-0.39, 0.29) is 0 Å². The zero-order valence-electron chi connectivity index (χ0n) is 10.3. The molecule has 4 aliphatic rings. The summed E-state index contributed by atoms with van der Waals surface area (Å²) in [7, 11) is 0. The molecule has 4 aliphatic carbocycles. The molecule has 4 rings (SSSR count). The Bertz CT molecular complexity index is 255. The number of hydrogen-bond acceptors (Lipinski definition) is 0. The molecule has 0 aromatic heterocycles. The van der Waals surface area contributed by atoms with Crippen molar-refractivity contribution in [1.29, 1.82) is 0 Å². The quantitative estimate of drug-likeness (QED) is 0.596. The first-order valence-electron chi connectivity index (χ1n) is 6.47. The third-order valence-corrected chi connectivity index (χ3v) is 10.4. The van der Waals surface area contributed by atoms with Gasteiger partial charge < -0.3 is 0 Å². The molecule has 0 nitrogen and oxygen atoms in total. The van der Waals surface area contributed by atoms with Crippen molar-refractivity contribution < 1.29 is 0 Å². The zero-order valence-corrected chi connectivity index (χ0v) is 12.0. The van der Waals surface area contributed by atoms with E-state index in [0.29, 0.717) is 5.16 Å². The standard InChI is InChI=1S/C13H24ClP/c1-15(2,3,14)13-7-10-4-11(8-13)6-12(5-10)9-13/h10-12H,4-9H2,1-3H3. The van der Waals surface area contributed by atoms with E-state index in [1.165, 1.54) is 38.5 Å². The molecule has 2 heteroatoms. The first kappa shape index (κ1) is 10.8. The maximum absolute atomic E-state index is 7.04. The van der Waals surface area contributed by atoms with Crippen LogP contribution in [0.3, 0.4) is 0 Å². The molecule has 0 aromatic carbocycles. The summed E-state index contributed by atoms with van der Waals surface area (Å²) >= 11 is 7.04. The minimum atomic E-state index is -1.91. The van der Waals surface area contributed by atoms with Gasteiger partial charge in [0.15, 0.2) is 0 Å². The van der Waals surface area contributed by atoms with Crippen molar-refractivity contribution in [2.75, 3.05) is 20.0 Å². The van der Waals surface area contributed by atoms with Crippen LogP contribution in [-0.2, 0) is 0 Å². The van der Waals surface area contributed by atoms with Crippen LogP contribution in [0.4, 0.5) is 0 Å². The van der Waals surface area contributed by atoms with Crippen LogP contribution >= 0.6 is 17.2 Å². The molecule has 4 saturated carbocycles. The molecule has 4 fully saturated rings. The van der Waals surface area contributed by atoms with Crippen molar-refractivity contribution in [3.63, 3.8) is 0 Å². The van der Waals surface area contributed by atoms with Gasteiger partial charge in [-0.15, -0.1) is 0 Å². The Morgan fingerprint density at radius 1 is 0.867 bits per heavy atom. The van der Waals surface area contributed by atoms with Crippen molar-refractivity contribution in [3.8, 4) is 0 Å². The molecule has 0 radical (unpaired) electrons. The summed E-state index contributed by atoms with van der Waals surface area (Å²) in [5, 5.41) is 0.571. The van der Waals surface area contributed by atoms with Gasteiger partial charge in [0.05, 0.1) is 0 Å². The molecule has 4 bridgehead atoms. The Morgan fingerprint density at radius 2 is 1.20 bits per heavy atom. The Balaban J connectivity index is 2.00. The van der Waals surface area contributed by atoms with Gasteiger partial charge in [-0.3, -0.25) is 0 Å². The van der Waals surface area contributed by atoms with Crippen molar-refractivity contribution in [2.24, 2.45) is 17.8 Å². The summed E-state index contributed by atoms with van der Waals surface area (Å²) in [5.74, 6) is 1.21. The van der Waals surface area contributed by atoms with Crippen molar-refractivity contribution >= 4 is 17.2 Å². The molecular formula is C13H24ClP. The second kappa shape index (κ2) is 2.75. The summed E-state index contributed by atoms with van der Waals surface area (Å²) in [6.07, 6.45) is 8.98. The number of hydrogen-bond donors (Lipinski definition) is 0. The minimum absolute atomic E-state index is 0.571. The molecule has 0 amide bonds. The van der Waals surface area contributed by atoms with Crippen LogP contribution in [0, 0.1) is 17.8 Å². The normalized spacial score (nSPS) is 51.5. The topological polar surface area (TPSA) is 0 Å². The molecule has 15 heavy (non-hydrogen) atoms. The van der Waals surface area contributed by atoms with Gasteiger partial charge in [0.2, 0.25) is 0 Å². The van der Waals surface area contributed by atoms with Crippen LogP contribution < -0.4 is 0 Å². The average Bonchev–Trinajstić information content (AvgIpc) is 1.96. The molecule has 0 aliphatic heterocycles. The SMILES string of the molecule is CP(C)(C)(Cl)C12CC3CC(CC(C3)C1)C2. The Labute approximate surface area is 98.9 Å². The van der Waals surface area contributed by atoms with Crippen molar-refractivity contribution in [1.82, 2.24) is 0 Å². The fourth-order valence-electron chi connectivity index (χ4n) is 4.99. The Kier molecular flexibility index (Phi) is 1.99. The predicted octanol–water partition coefficient (Wildman–Crippen LogP) is 4.55. The molecule has 0 spiro atoms. The van der Waals surface area contributed by atoms with E-state index in [1.54, 1.807) is 0 Å². The van der Waals surface area contributed by atoms with Gasteiger partial charge >= 0.3 is 98.6 Å². The summed E-state index contributed by atoms with van der Waals surface area (Å²) < 4.78 is 0. The summed E-state index contributed by atoms with van der Waals surface area (Å²) in [5.41, 5.74) is 0. The second-order valence-corrected chi connectivity index (χ2v) is 17.5. The molecule has 0 N–H and O–H groups in total. The van der Waals surface area contributed by atoms with Crippen LogP contribution in [0.1, 0.15) is 38.5 Å². The summed E-state index contributed by atoms with van der Waals surface area (Å²) in [6.45, 7) is 7.21. The van der Waals surface area contributed by atoms with Gasteiger partial charge in [-0.05, 0) is 0 Å². The van der Waals surface area contributed by atoms with Crippen LogP contribution in [0.15, 0.2) is 0 Å². The monoisotopic (exact) mass is 246 g/mol. The van der Waals surface area contributed by atoms with Gasteiger partial charge in [-0.25, -0.2) is 0 Å². The molecule has 0 unspecified atom stereocenters. The number of rotatable bonds is 1. The molecule has 88 valence electrons. The van der Waals surface area contributed by atoms with E-state index in [4.69, 9.17) is 11.2 Å². The van der Waals surface area contributed by atoms with Gasteiger partial charge in [0, 0.05) is 0 Å². The molecular weight excluding hydrogens is 223 g/mol. The first-order valence-corrected chi connectivity index (χ1v) is 11.0. The summed E-state index contributed by atoms with van der Waals surface area (Å²) in [4.78, 5) is 0. The van der Waals surface area contributed by atoms with Gasteiger partial charge in [-0.2, -0.15) is 0 Å². The van der Waals surface area contributed by atoms with E-state index >= 15 is 0 Å². The Morgan fingerprint density at radius 3 is 1.47 bits per heavy atom. The van der Waals surface area contributed by atoms with Gasteiger partial charge in [-0.1, -0.05) is 0 Å². The van der Waals surface area contributed by atoms with Crippen molar-refractivity contribution in [3.05, 3.63) is 0 Å². The Hall–Kier alpha value is 0.720. The maximum atomic E-state index is 7.04. The van der Waals surface area contributed by atoms with E-state index in [1.807, 2.05) is 0 Å². The predicted molar refractivity (Wildman–Crippen MR) is 71.4 cm³/mol. The van der Waals surface area contributed by atoms with Crippen molar-refractivity contribution in [2.45, 2.75) is 43.7 Å². The molecule has 0 atom stereocenters. The third kappa shape index (κ3) is 1.51. The van der Waals surface area contributed by atoms with Gasteiger partial charge in [0.25, 0.3) is 0 Å². The molecule has 0 aromatic rings. The second-order valence-electron chi connectivity index (χ2n) is 7.75. The fourth-order valence-corrected chi connectivity index (χ4v) is 8.24.